The topological polar surface area (TPSA) is 45.5 Å². The van der Waals surface area contributed by atoms with E-state index < -0.39 is 0 Å². The molecule has 0 spiro atoms. The Labute approximate surface area is 135 Å². The van der Waals surface area contributed by atoms with E-state index in [0.717, 1.165) is 32.0 Å². The highest BCUT2D eigenvalue weighted by atomic mass is 15.3. The Morgan fingerprint density at radius 3 is 2.91 bits per heavy atom. The number of guanidine groups is 1. The zero-order valence-corrected chi connectivity index (χ0v) is 14.3. The zero-order valence-electron chi connectivity index (χ0n) is 14.3. The maximum Gasteiger partial charge on any atom is 0.193 e. The molecule has 0 saturated heterocycles. The van der Waals surface area contributed by atoms with Gasteiger partial charge in [-0.3, -0.25) is 9.67 Å². The number of hydrogen-bond donors (Lipinski definition) is 1. The van der Waals surface area contributed by atoms with Gasteiger partial charge in [-0.1, -0.05) is 19.4 Å². The van der Waals surface area contributed by atoms with Gasteiger partial charge in [0.25, 0.3) is 0 Å². The van der Waals surface area contributed by atoms with Crippen molar-refractivity contribution in [2.24, 2.45) is 10.9 Å². The van der Waals surface area contributed by atoms with Gasteiger partial charge in [0.05, 0.1) is 0 Å². The molecule has 0 amide bonds. The van der Waals surface area contributed by atoms with Crippen molar-refractivity contribution in [2.75, 3.05) is 27.2 Å². The summed E-state index contributed by atoms with van der Waals surface area (Å²) in [4.78, 5) is 6.57. The molecule has 1 unspecified atom stereocenters. The molecule has 0 aliphatic rings. The minimum absolute atomic E-state index is 0.498. The molecule has 1 heterocycles. The molecule has 0 aromatic carbocycles. The highest BCUT2D eigenvalue weighted by molar-refractivity contribution is 5.79. The van der Waals surface area contributed by atoms with Crippen molar-refractivity contribution in [3.8, 4) is 0 Å². The van der Waals surface area contributed by atoms with Crippen LogP contribution in [0.1, 0.15) is 32.6 Å². The average molecular weight is 305 g/mol. The minimum atomic E-state index is 0.498. The molecule has 0 saturated carbocycles. The van der Waals surface area contributed by atoms with Crippen LogP contribution in [0.5, 0.6) is 0 Å². The van der Waals surface area contributed by atoms with Crippen LogP contribution in [0.25, 0.3) is 0 Å². The Kier molecular flexibility index (Phi) is 9.03. The molecule has 0 radical (unpaired) electrons. The summed E-state index contributed by atoms with van der Waals surface area (Å²) in [5.41, 5.74) is 0. The van der Waals surface area contributed by atoms with Gasteiger partial charge in [-0.15, -0.1) is 6.58 Å². The van der Waals surface area contributed by atoms with E-state index in [1.54, 1.807) is 0 Å². The SMILES string of the molecule is C=CCCCCCN(C)C(=NC)NCC(C)Cn1cccn1. The Hall–Kier alpha value is -1.78. The summed E-state index contributed by atoms with van der Waals surface area (Å²) in [5, 5.41) is 7.70. The first-order valence-corrected chi connectivity index (χ1v) is 8.17. The lowest BCUT2D eigenvalue weighted by Gasteiger charge is -2.23. The second-order valence-corrected chi connectivity index (χ2v) is 5.82. The third kappa shape index (κ3) is 7.29. The highest BCUT2D eigenvalue weighted by Crippen LogP contribution is 2.02. The maximum absolute atomic E-state index is 4.36. The van der Waals surface area contributed by atoms with E-state index in [1.807, 2.05) is 36.3 Å². The van der Waals surface area contributed by atoms with E-state index >= 15 is 0 Å². The van der Waals surface area contributed by atoms with Crippen molar-refractivity contribution >= 4 is 5.96 Å². The van der Waals surface area contributed by atoms with Gasteiger partial charge in [0.2, 0.25) is 0 Å². The van der Waals surface area contributed by atoms with Crippen molar-refractivity contribution in [3.05, 3.63) is 31.1 Å². The summed E-state index contributed by atoms with van der Waals surface area (Å²) >= 11 is 0. The summed E-state index contributed by atoms with van der Waals surface area (Å²) in [6, 6.07) is 1.96. The molecule has 22 heavy (non-hydrogen) atoms. The van der Waals surface area contributed by atoms with Crippen molar-refractivity contribution in [1.82, 2.24) is 20.0 Å². The van der Waals surface area contributed by atoms with E-state index in [1.165, 1.54) is 19.3 Å². The van der Waals surface area contributed by atoms with Crippen LogP contribution in [0.3, 0.4) is 0 Å². The van der Waals surface area contributed by atoms with E-state index in [4.69, 9.17) is 0 Å². The van der Waals surface area contributed by atoms with E-state index in [0.29, 0.717) is 5.92 Å². The van der Waals surface area contributed by atoms with Gasteiger partial charge in [0.15, 0.2) is 5.96 Å². The van der Waals surface area contributed by atoms with Crippen molar-refractivity contribution in [2.45, 2.75) is 39.2 Å². The molecule has 1 atom stereocenters. The molecule has 5 heteroatoms. The van der Waals surface area contributed by atoms with Crippen LogP contribution >= 0.6 is 0 Å². The number of nitrogens with zero attached hydrogens (tertiary/aromatic N) is 4. The second kappa shape index (κ2) is 10.9. The third-order valence-corrected chi connectivity index (χ3v) is 3.64. The van der Waals surface area contributed by atoms with Crippen molar-refractivity contribution in [1.29, 1.82) is 0 Å². The van der Waals surface area contributed by atoms with Crippen LogP contribution in [0.15, 0.2) is 36.1 Å². The summed E-state index contributed by atoms with van der Waals surface area (Å²) in [7, 11) is 3.94. The van der Waals surface area contributed by atoms with Crippen LogP contribution in [0.2, 0.25) is 0 Å². The van der Waals surface area contributed by atoms with Crippen molar-refractivity contribution in [3.63, 3.8) is 0 Å². The first-order chi connectivity index (χ1) is 10.7. The van der Waals surface area contributed by atoms with Crippen LogP contribution < -0.4 is 5.32 Å². The van der Waals surface area contributed by atoms with Crippen LogP contribution in [-0.2, 0) is 6.54 Å². The molecule has 1 aromatic heterocycles. The Morgan fingerprint density at radius 2 is 2.27 bits per heavy atom. The lowest BCUT2D eigenvalue weighted by atomic mass is 10.2. The number of rotatable bonds is 10. The average Bonchev–Trinajstić information content (AvgIpc) is 3.00. The predicted octanol–water partition coefficient (Wildman–Crippen LogP) is 2.77. The summed E-state index contributed by atoms with van der Waals surface area (Å²) in [5.74, 6) is 1.47. The van der Waals surface area contributed by atoms with Gasteiger partial charge in [-0.2, -0.15) is 5.10 Å². The first-order valence-electron chi connectivity index (χ1n) is 8.17. The fourth-order valence-electron chi connectivity index (χ4n) is 2.36. The molecule has 0 fully saturated rings. The van der Waals surface area contributed by atoms with Gasteiger partial charge in [0.1, 0.15) is 0 Å². The van der Waals surface area contributed by atoms with Gasteiger partial charge < -0.3 is 10.2 Å². The zero-order chi connectivity index (χ0) is 16.2. The van der Waals surface area contributed by atoms with Gasteiger partial charge in [-0.05, 0) is 31.2 Å². The summed E-state index contributed by atoms with van der Waals surface area (Å²) < 4.78 is 1.97. The standard InChI is InChI=1S/C17H31N5/c1-5-6-7-8-9-12-21(4)17(18-3)19-14-16(2)15-22-13-10-11-20-22/h5,10-11,13,16H,1,6-9,12,14-15H2,2-4H3,(H,18,19). The molecule has 124 valence electrons. The van der Waals surface area contributed by atoms with Crippen molar-refractivity contribution < 1.29 is 0 Å². The molecule has 0 aliphatic heterocycles. The molecule has 1 aromatic rings. The van der Waals surface area contributed by atoms with Crippen LogP contribution in [0.4, 0.5) is 0 Å². The molecule has 1 rings (SSSR count). The fourth-order valence-corrected chi connectivity index (χ4v) is 2.36. The molecule has 1 N–H and O–H groups in total. The fraction of sp³-hybridized carbons (Fsp3) is 0.647. The normalized spacial score (nSPS) is 13.0. The lowest BCUT2D eigenvalue weighted by Crippen LogP contribution is -2.41. The van der Waals surface area contributed by atoms with Crippen LogP contribution in [-0.4, -0.2) is 47.8 Å². The number of nitrogens with one attached hydrogen (secondary N) is 1. The minimum Gasteiger partial charge on any atom is -0.356 e. The predicted molar refractivity (Wildman–Crippen MR) is 94.0 cm³/mol. The van der Waals surface area contributed by atoms with Gasteiger partial charge in [-0.25, -0.2) is 0 Å². The Morgan fingerprint density at radius 1 is 1.45 bits per heavy atom. The molecule has 0 aliphatic carbocycles. The van der Waals surface area contributed by atoms with E-state index in [9.17, 15) is 0 Å². The third-order valence-electron chi connectivity index (χ3n) is 3.64. The smallest absolute Gasteiger partial charge is 0.193 e. The Balaban J connectivity index is 2.24. The number of allylic oxidation sites excluding steroid dienone is 1. The second-order valence-electron chi connectivity index (χ2n) is 5.82. The molecule has 5 nitrogen and oxygen atoms in total. The first kappa shape index (κ1) is 18.3. The Bertz CT molecular complexity index is 424. The number of aliphatic imine (C=N–C) groups is 1. The van der Waals surface area contributed by atoms with E-state index in [-0.39, 0.29) is 0 Å². The number of hydrogen-bond acceptors (Lipinski definition) is 2. The van der Waals surface area contributed by atoms with Gasteiger partial charge in [0, 0.05) is 46.1 Å². The largest absolute Gasteiger partial charge is 0.356 e. The number of aromatic nitrogens is 2. The van der Waals surface area contributed by atoms with Gasteiger partial charge >= 0.3 is 0 Å². The molecule has 0 bridgehead atoms. The maximum atomic E-state index is 4.36. The molecular formula is C17H31N5. The number of unbranched alkanes of at least 4 members (excludes halogenated alkanes) is 3. The van der Waals surface area contributed by atoms with E-state index in [2.05, 4.69) is 40.9 Å². The van der Waals surface area contributed by atoms with Crippen LogP contribution in [0, 0.1) is 5.92 Å². The molecular weight excluding hydrogens is 274 g/mol. The summed E-state index contributed by atoms with van der Waals surface area (Å²) in [6.07, 6.45) is 10.6. The highest BCUT2D eigenvalue weighted by Gasteiger charge is 2.08. The summed E-state index contributed by atoms with van der Waals surface area (Å²) in [6.45, 7) is 8.82. The monoisotopic (exact) mass is 305 g/mol. The lowest BCUT2D eigenvalue weighted by molar-refractivity contribution is 0.418. The quantitative estimate of drug-likeness (QED) is 0.313.